The zero-order valence-corrected chi connectivity index (χ0v) is 9.26. The molecule has 0 unspecified atom stereocenters. The van der Waals surface area contributed by atoms with Gasteiger partial charge in [-0.2, -0.15) is 0 Å². The van der Waals surface area contributed by atoms with E-state index in [1.54, 1.807) is 0 Å². The Bertz CT molecular complexity index is 263. The average molecular weight is 245 g/mol. The average Bonchev–Trinajstić information content (AvgIpc) is 2.01. The molecule has 1 heterocycles. The van der Waals surface area contributed by atoms with E-state index in [1.165, 1.54) is 23.4 Å². The highest BCUT2D eigenvalue weighted by Gasteiger charge is 2.20. The molecule has 2 nitrogen and oxygen atoms in total. The fourth-order valence-corrected chi connectivity index (χ4v) is 4.35. The third kappa shape index (κ3) is 2.82. The van der Waals surface area contributed by atoms with Crippen LogP contribution in [0.2, 0.25) is 0 Å². The van der Waals surface area contributed by atoms with E-state index in [-0.39, 0.29) is 11.8 Å². The van der Waals surface area contributed by atoms with Crippen molar-refractivity contribution in [1.82, 2.24) is 0 Å². The van der Waals surface area contributed by atoms with Gasteiger partial charge in [0.15, 0.2) is 0 Å². The summed E-state index contributed by atoms with van der Waals surface area (Å²) in [5.41, 5.74) is 0. The first-order chi connectivity index (χ1) is 5.57. The van der Waals surface area contributed by atoms with Gasteiger partial charge in [0.25, 0.3) is 0 Å². The van der Waals surface area contributed by atoms with Crippen LogP contribution in [0.4, 0.5) is 0 Å². The van der Waals surface area contributed by atoms with E-state index in [4.69, 9.17) is 23.2 Å². The normalized spacial score (nSPS) is 21.6. The quantitative estimate of drug-likeness (QED) is 0.599. The minimum Gasteiger partial charge on any atom is -0.339 e. The van der Waals surface area contributed by atoms with Crippen molar-refractivity contribution in [2.45, 2.75) is 0 Å². The maximum Gasteiger partial charge on any atom is 0.246 e. The van der Waals surface area contributed by atoms with Gasteiger partial charge >= 0.3 is 0 Å². The van der Waals surface area contributed by atoms with Gasteiger partial charge in [-0.25, -0.2) is 0 Å². The molecule has 1 aliphatic rings. The fourth-order valence-electron chi connectivity index (χ4n) is 0.795. The van der Waals surface area contributed by atoms with Crippen LogP contribution >= 0.6 is 42.3 Å². The highest BCUT2D eigenvalue weighted by atomic mass is 35.5. The van der Waals surface area contributed by atoms with Crippen molar-refractivity contribution >= 4 is 42.3 Å². The van der Waals surface area contributed by atoms with Crippen molar-refractivity contribution in [3.05, 3.63) is 21.4 Å². The van der Waals surface area contributed by atoms with Gasteiger partial charge in [0, 0.05) is 21.4 Å². The number of allylic oxidation sites excluding steroid dienone is 2. The highest BCUT2D eigenvalue weighted by Crippen LogP contribution is 2.53. The fraction of sp³-hybridized carbons (Fsp3) is 0.333. The number of alkyl halides is 2. The summed E-state index contributed by atoms with van der Waals surface area (Å²) >= 11 is 12.4. The minimum atomic E-state index is -3.25. The van der Waals surface area contributed by atoms with E-state index in [9.17, 15) is 9.46 Å². The van der Waals surface area contributed by atoms with E-state index in [1.807, 2.05) is 0 Å². The second-order valence-corrected chi connectivity index (χ2v) is 5.88. The lowest BCUT2D eigenvalue weighted by molar-refractivity contribution is 0.499. The van der Waals surface area contributed by atoms with E-state index >= 15 is 0 Å². The molecule has 0 saturated heterocycles. The molecule has 0 saturated carbocycles. The molecule has 6 heteroatoms. The predicted molar refractivity (Wildman–Crippen MR) is 55.0 cm³/mol. The van der Waals surface area contributed by atoms with E-state index in [0.29, 0.717) is 9.81 Å². The topological polar surface area (TPSA) is 37.3 Å². The smallest absolute Gasteiger partial charge is 0.246 e. The van der Waals surface area contributed by atoms with Crippen LogP contribution in [0.15, 0.2) is 21.4 Å². The van der Waals surface area contributed by atoms with Crippen molar-refractivity contribution in [3.8, 4) is 0 Å². The summed E-state index contributed by atoms with van der Waals surface area (Å²) in [7, 11) is -3.25. The van der Waals surface area contributed by atoms with Crippen LogP contribution in [-0.4, -0.2) is 16.7 Å². The Morgan fingerprint density at radius 2 is 1.75 bits per heavy atom. The van der Waals surface area contributed by atoms with Gasteiger partial charge in [-0.05, 0) is 0 Å². The lowest BCUT2D eigenvalue weighted by Crippen LogP contribution is -1.90. The summed E-state index contributed by atoms with van der Waals surface area (Å²) in [6, 6.07) is 0. The summed E-state index contributed by atoms with van der Waals surface area (Å²) in [4.78, 5) is 10.6. The summed E-state index contributed by atoms with van der Waals surface area (Å²) in [6.07, 6.45) is 0. The molecular formula is C6H7Cl2O2PS. The van der Waals surface area contributed by atoms with Gasteiger partial charge < -0.3 is 4.89 Å². The van der Waals surface area contributed by atoms with E-state index in [2.05, 4.69) is 0 Å². The number of hydrogen-bond acceptors (Lipinski definition) is 2. The molecule has 0 bridgehead atoms. The molecule has 0 radical (unpaired) electrons. The molecule has 0 spiro atoms. The lowest BCUT2D eigenvalue weighted by Gasteiger charge is -2.14. The number of halogens is 2. The Morgan fingerprint density at radius 3 is 2.08 bits per heavy atom. The number of rotatable bonds is 2. The zero-order chi connectivity index (χ0) is 9.19. The van der Waals surface area contributed by atoms with Crippen LogP contribution in [-0.2, 0) is 4.57 Å². The summed E-state index contributed by atoms with van der Waals surface area (Å²) in [5, 5.41) is 0. The second kappa shape index (κ2) is 4.21. The van der Waals surface area contributed by atoms with Gasteiger partial charge in [-0.1, -0.05) is 11.8 Å². The van der Waals surface area contributed by atoms with Crippen LogP contribution < -0.4 is 0 Å². The number of hydrogen-bond donors (Lipinski definition) is 1. The molecule has 68 valence electrons. The Labute approximate surface area is 85.1 Å². The molecule has 0 aliphatic carbocycles. The van der Waals surface area contributed by atoms with Crippen molar-refractivity contribution in [3.63, 3.8) is 0 Å². The van der Waals surface area contributed by atoms with Crippen molar-refractivity contribution in [1.29, 1.82) is 0 Å². The molecule has 12 heavy (non-hydrogen) atoms. The third-order valence-corrected chi connectivity index (χ3v) is 4.84. The van der Waals surface area contributed by atoms with Crippen LogP contribution in [0.1, 0.15) is 0 Å². The SMILES string of the molecule is O=P1(O)C=C(CCl)SC(CCl)=C1. The molecule has 0 aromatic carbocycles. The first-order valence-corrected chi connectivity index (χ1v) is 6.81. The first kappa shape index (κ1) is 10.7. The molecule has 1 N–H and O–H groups in total. The molecular weight excluding hydrogens is 238 g/mol. The highest BCUT2D eigenvalue weighted by molar-refractivity contribution is 8.07. The largest absolute Gasteiger partial charge is 0.339 e. The molecule has 0 aromatic heterocycles. The molecule has 0 fully saturated rings. The summed E-state index contributed by atoms with van der Waals surface area (Å²) in [5.74, 6) is 3.12. The summed E-state index contributed by atoms with van der Waals surface area (Å²) in [6.45, 7) is 0. The van der Waals surface area contributed by atoms with Crippen molar-refractivity contribution in [2.75, 3.05) is 11.8 Å². The zero-order valence-electron chi connectivity index (χ0n) is 6.04. The first-order valence-electron chi connectivity index (χ1n) is 3.13. The number of thioether (sulfide) groups is 1. The van der Waals surface area contributed by atoms with Crippen molar-refractivity contribution in [2.24, 2.45) is 0 Å². The van der Waals surface area contributed by atoms with Gasteiger partial charge in [0.1, 0.15) is 0 Å². The molecule has 0 amide bonds. The molecule has 0 aromatic rings. The lowest BCUT2D eigenvalue weighted by atomic mass is 10.7. The molecule has 0 atom stereocenters. The third-order valence-electron chi connectivity index (χ3n) is 1.18. The van der Waals surface area contributed by atoms with Gasteiger partial charge in [0.2, 0.25) is 7.37 Å². The van der Waals surface area contributed by atoms with Crippen molar-refractivity contribution < 1.29 is 9.46 Å². The Morgan fingerprint density at radius 1 is 1.33 bits per heavy atom. The standard InChI is InChI=1S/C6H7Cl2O2PS/c7-1-5-3-11(9,10)4-6(2-8)12-5/h3-4H,1-2H2,(H,9,10). The Hall–Kier alpha value is 0.600. The molecule has 1 aliphatic heterocycles. The van der Waals surface area contributed by atoms with Crippen LogP contribution in [0, 0.1) is 0 Å². The maximum absolute atomic E-state index is 11.2. The monoisotopic (exact) mass is 244 g/mol. The Kier molecular flexibility index (Phi) is 3.74. The summed E-state index contributed by atoms with van der Waals surface area (Å²) < 4.78 is 11.2. The Balaban J connectivity index is 2.91. The van der Waals surface area contributed by atoms with Crippen LogP contribution in [0.3, 0.4) is 0 Å². The van der Waals surface area contributed by atoms with Crippen LogP contribution in [0.25, 0.3) is 0 Å². The van der Waals surface area contributed by atoms with E-state index < -0.39 is 7.37 Å². The van der Waals surface area contributed by atoms with Gasteiger partial charge in [0.05, 0.1) is 11.8 Å². The van der Waals surface area contributed by atoms with Gasteiger partial charge in [-0.3, -0.25) is 4.57 Å². The predicted octanol–water partition coefficient (Wildman–Crippen LogP) is 3.16. The van der Waals surface area contributed by atoms with E-state index in [0.717, 1.165) is 0 Å². The second-order valence-electron chi connectivity index (χ2n) is 2.23. The van der Waals surface area contributed by atoms with Crippen LogP contribution in [0.5, 0.6) is 0 Å². The minimum absolute atomic E-state index is 0.253. The maximum atomic E-state index is 11.2. The van der Waals surface area contributed by atoms with Gasteiger partial charge in [-0.15, -0.1) is 23.2 Å². The molecule has 1 rings (SSSR count).